The molecular weight excluding hydrogens is 368 g/mol. The molecule has 4 aliphatic rings. The van der Waals surface area contributed by atoms with Crippen molar-refractivity contribution in [3.05, 3.63) is 0 Å². The molecular formula is C24H40O5. The minimum atomic E-state index is -0.713. The van der Waals surface area contributed by atoms with Crippen LogP contribution in [0.25, 0.3) is 0 Å². The zero-order chi connectivity index (χ0) is 21.1. The first-order chi connectivity index (χ1) is 13.6. The molecule has 11 atom stereocenters. The van der Waals surface area contributed by atoms with Gasteiger partial charge in [-0.1, -0.05) is 20.8 Å². The number of hydrogen-bond donors (Lipinski definition) is 4. The molecule has 0 heterocycles. The van der Waals surface area contributed by atoms with Gasteiger partial charge in [0.15, 0.2) is 0 Å². The van der Waals surface area contributed by atoms with Gasteiger partial charge in [-0.05, 0) is 97.7 Å². The molecule has 0 saturated heterocycles. The van der Waals surface area contributed by atoms with E-state index in [0.717, 1.165) is 32.1 Å². The summed E-state index contributed by atoms with van der Waals surface area (Å²) in [5, 5.41) is 41.6. The normalized spacial score (nSPS) is 52.9. The molecule has 0 radical (unpaired) electrons. The summed E-state index contributed by atoms with van der Waals surface area (Å²) in [4.78, 5) is 11.1. The fraction of sp³-hybridized carbons (Fsp3) is 0.958. The van der Waals surface area contributed by atoms with E-state index in [-0.39, 0.29) is 35.2 Å². The van der Waals surface area contributed by atoms with Crippen molar-refractivity contribution >= 4 is 5.97 Å². The number of carboxylic acids is 1. The number of aliphatic hydroxyl groups is 3. The summed E-state index contributed by atoms with van der Waals surface area (Å²) in [5.74, 6) is 1.36. The highest BCUT2D eigenvalue weighted by molar-refractivity contribution is 5.66. The van der Waals surface area contributed by atoms with Gasteiger partial charge in [-0.3, -0.25) is 4.79 Å². The van der Waals surface area contributed by atoms with Crippen molar-refractivity contribution in [2.75, 3.05) is 0 Å². The number of fused-ring (bicyclic) bond motifs is 5. The monoisotopic (exact) mass is 408 g/mol. The molecule has 0 bridgehead atoms. The van der Waals surface area contributed by atoms with Gasteiger partial charge in [0.1, 0.15) is 0 Å². The molecule has 4 fully saturated rings. The van der Waals surface area contributed by atoms with E-state index in [1.807, 2.05) is 0 Å². The van der Waals surface area contributed by atoms with Crippen molar-refractivity contribution in [2.45, 2.75) is 96.9 Å². The first-order valence-corrected chi connectivity index (χ1v) is 11.8. The van der Waals surface area contributed by atoms with E-state index in [2.05, 4.69) is 20.8 Å². The average Bonchev–Trinajstić information content (AvgIpc) is 2.99. The Morgan fingerprint density at radius 3 is 2.45 bits per heavy atom. The van der Waals surface area contributed by atoms with Crippen molar-refractivity contribution < 1.29 is 25.2 Å². The highest BCUT2D eigenvalue weighted by atomic mass is 16.4. The Morgan fingerprint density at radius 2 is 1.76 bits per heavy atom. The summed E-state index contributed by atoms with van der Waals surface area (Å²) in [7, 11) is 0. The Balaban J connectivity index is 1.58. The minimum absolute atomic E-state index is 0.155. The third kappa shape index (κ3) is 3.27. The molecule has 0 aromatic carbocycles. The van der Waals surface area contributed by atoms with E-state index in [1.54, 1.807) is 0 Å². The van der Waals surface area contributed by atoms with Crippen LogP contribution in [0.3, 0.4) is 0 Å². The highest BCUT2D eigenvalue weighted by Gasteiger charge is 2.64. The fourth-order valence-corrected chi connectivity index (χ4v) is 8.80. The molecule has 0 aromatic heterocycles. The zero-order valence-corrected chi connectivity index (χ0v) is 18.3. The minimum Gasteiger partial charge on any atom is -0.481 e. The fourth-order valence-electron chi connectivity index (χ4n) is 8.80. The van der Waals surface area contributed by atoms with E-state index < -0.39 is 18.2 Å². The first-order valence-electron chi connectivity index (χ1n) is 11.8. The Morgan fingerprint density at radius 1 is 1.03 bits per heavy atom. The van der Waals surface area contributed by atoms with E-state index >= 15 is 0 Å². The molecule has 29 heavy (non-hydrogen) atoms. The van der Waals surface area contributed by atoms with Crippen LogP contribution < -0.4 is 0 Å². The Labute approximate surface area is 174 Å². The summed E-state index contributed by atoms with van der Waals surface area (Å²) < 4.78 is 0. The van der Waals surface area contributed by atoms with Crippen molar-refractivity contribution in [3.63, 3.8) is 0 Å². The van der Waals surface area contributed by atoms with Gasteiger partial charge >= 0.3 is 5.97 Å². The van der Waals surface area contributed by atoms with Gasteiger partial charge in [0.25, 0.3) is 0 Å². The number of rotatable bonds is 4. The standard InChI is InChI=1S/C24H40O5/c1-13(4-7-21(28)29)16-5-6-17-22-18(8-9-23(16,17)2)24(3)14(11-19(22)26)10-15(25)12-20(24)27/h13-20,22,25-27H,4-12H2,1-3H3,(H,28,29)/t13-,14?,15+,16-,17?,18?,19-,20-,22?,23-,24+/m1/s1. The SMILES string of the molecule is C[C@H](CCC(=O)O)[C@H]1CCC2C3C(CC[C@@]21C)[C@]1(C)C(C[C@H](O)C[C@H]1O)C[C@H]3O. The van der Waals surface area contributed by atoms with Gasteiger partial charge in [0, 0.05) is 6.42 Å². The van der Waals surface area contributed by atoms with E-state index in [4.69, 9.17) is 5.11 Å². The van der Waals surface area contributed by atoms with Gasteiger partial charge < -0.3 is 20.4 Å². The van der Waals surface area contributed by atoms with Gasteiger partial charge in [-0.15, -0.1) is 0 Å². The molecule has 4 N–H and O–H groups in total. The zero-order valence-electron chi connectivity index (χ0n) is 18.3. The van der Waals surface area contributed by atoms with Crippen molar-refractivity contribution in [2.24, 2.45) is 46.3 Å². The lowest BCUT2D eigenvalue weighted by Crippen LogP contribution is -2.62. The van der Waals surface area contributed by atoms with E-state index in [1.165, 1.54) is 0 Å². The maximum absolute atomic E-state index is 11.3. The maximum atomic E-state index is 11.3. The number of aliphatic hydroxyl groups excluding tert-OH is 3. The van der Waals surface area contributed by atoms with Crippen molar-refractivity contribution in [1.82, 2.24) is 0 Å². The first kappa shape index (κ1) is 21.6. The quantitative estimate of drug-likeness (QED) is 0.571. The third-order valence-corrected chi connectivity index (χ3v) is 10.3. The molecule has 5 heteroatoms. The number of aliphatic carboxylic acids is 1. The topological polar surface area (TPSA) is 98.0 Å². The lowest BCUT2D eigenvalue weighted by Gasteiger charge is -2.63. The van der Waals surface area contributed by atoms with Crippen molar-refractivity contribution in [1.29, 1.82) is 0 Å². The molecule has 4 saturated carbocycles. The molecule has 5 nitrogen and oxygen atoms in total. The molecule has 4 aliphatic carbocycles. The van der Waals surface area contributed by atoms with Crippen molar-refractivity contribution in [3.8, 4) is 0 Å². The second-order valence-corrected chi connectivity index (χ2v) is 11.4. The Hall–Kier alpha value is -0.650. The molecule has 0 aromatic rings. The summed E-state index contributed by atoms with van der Waals surface area (Å²) in [5.41, 5.74) is -0.0557. The van der Waals surface area contributed by atoms with Gasteiger partial charge in [-0.25, -0.2) is 0 Å². The number of carbonyl (C=O) groups is 1. The summed E-state index contributed by atoms with van der Waals surface area (Å²) in [6, 6.07) is 0. The second-order valence-electron chi connectivity index (χ2n) is 11.4. The molecule has 4 rings (SSSR count). The molecule has 0 aliphatic heterocycles. The van der Waals surface area contributed by atoms with Crippen LogP contribution in [0.2, 0.25) is 0 Å². The lowest BCUT2D eigenvalue weighted by molar-refractivity contribution is -0.212. The molecule has 4 unspecified atom stereocenters. The Bertz CT molecular complexity index is 637. The molecule has 166 valence electrons. The van der Waals surface area contributed by atoms with E-state index in [0.29, 0.717) is 42.9 Å². The predicted molar refractivity (Wildman–Crippen MR) is 110 cm³/mol. The van der Waals surface area contributed by atoms with Gasteiger partial charge in [-0.2, -0.15) is 0 Å². The van der Waals surface area contributed by atoms with Gasteiger partial charge in [0.05, 0.1) is 18.3 Å². The third-order valence-electron chi connectivity index (χ3n) is 10.3. The summed E-state index contributed by atoms with van der Waals surface area (Å²) in [6.07, 6.45) is 5.88. The van der Waals surface area contributed by atoms with Crippen LogP contribution >= 0.6 is 0 Å². The lowest BCUT2D eigenvalue weighted by atomic mass is 9.43. The van der Waals surface area contributed by atoms with Crippen LogP contribution in [0.5, 0.6) is 0 Å². The smallest absolute Gasteiger partial charge is 0.303 e. The summed E-state index contributed by atoms with van der Waals surface area (Å²) >= 11 is 0. The van der Waals surface area contributed by atoms with Crippen LogP contribution in [-0.4, -0.2) is 44.7 Å². The predicted octanol–water partition coefficient (Wildman–Crippen LogP) is 3.45. The van der Waals surface area contributed by atoms with E-state index in [9.17, 15) is 20.1 Å². The average molecular weight is 409 g/mol. The van der Waals surface area contributed by atoms with Crippen LogP contribution in [0.15, 0.2) is 0 Å². The van der Waals surface area contributed by atoms with Crippen LogP contribution in [0.1, 0.15) is 78.6 Å². The number of carboxylic acid groups (broad SMARTS) is 1. The highest BCUT2D eigenvalue weighted by Crippen LogP contribution is 2.68. The van der Waals surface area contributed by atoms with Crippen LogP contribution in [-0.2, 0) is 4.79 Å². The number of hydrogen-bond acceptors (Lipinski definition) is 4. The molecule has 0 spiro atoms. The van der Waals surface area contributed by atoms with Gasteiger partial charge in [0.2, 0.25) is 0 Å². The second kappa shape index (κ2) is 7.49. The van der Waals surface area contributed by atoms with Crippen LogP contribution in [0, 0.1) is 46.3 Å². The van der Waals surface area contributed by atoms with Crippen LogP contribution in [0.4, 0.5) is 0 Å². The maximum Gasteiger partial charge on any atom is 0.303 e. The summed E-state index contributed by atoms with van der Waals surface area (Å²) in [6.45, 7) is 6.83. The largest absolute Gasteiger partial charge is 0.481 e. The molecule has 0 amide bonds. The Kier molecular flexibility index (Phi) is 5.57.